The Labute approximate surface area is 152 Å². The van der Waals surface area contributed by atoms with E-state index in [1.165, 1.54) is 0 Å². The first-order valence-corrected chi connectivity index (χ1v) is 9.01. The van der Waals surface area contributed by atoms with Crippen molar-refractivity contribution in [1.29, 1.82) is 0 Å². The van der Waals surface area contributed by atoms with Gasteiger partial charge in [0.15, 0.2) is 5.43 Å². The summed E-state index contributed by atoms with van der Waals surface area (Å²) >= 11 is 0. The van der Waals surface area contributed by atoms with Gasteiger partial charge in [0, 0.05) is 43.5 Å². The van der Waals surface area contributed by atoms with Crippen molar-refractivity contribution >= 4 is 16.7 Å². The lowest BCUT2D eigenvalue weighted by Crippen LogP contribution is -2.43. The van der Waals surface area contributed by atoms with Crippen LogP contribution in [0.3, 0.4) is 0 Å². The van der Waals surface area contributed by atoms with Gasteiger partial charge in [-0.15, -0.1) is 0 Å². The van der Waals surface area contributed by atoms with Crippen LogP contribution in [0.15, 0.2) is 57.7 Å². The molecule has 0 amide bonds. The maximum absolute atomic E-state index is 12.7. The minimum atomic E-state index is -0.0212. The summed E-state index contributed by atoms with van der Waals surface area (Å²) in [5.41, 5.74) is 2.52. The van der Waals surface area contributed by atoms with Crippen molar-refractivity contribution in [1.82, 2.24) is 5.32 Å². The number of anilines is 1. The van der Waals surface area contributed by atoms with Crippen LogP contribution in [0.2, 0.25) is 0 Å². The molecule has 3 aromatic rings. The molecule has 0 unspecified atom stereocenters. The van der Waals surface area contributed by atoms with Crippen molar-refractivity contribution in [2.45, 2.75) is 6.92 Å². The zero-order valence-electron chi connectivity index (χ0n) is 14.8. The van der Waals surface area contributed by atoms with Gasteiger partial charge in [-0.2, -0.15) is 0 Å². The molecule has 1 aromatic heterocycles. The molecule has 4 rings (SSSR count). The largest absolute Gasteiger partial charge is 0.494 e. The van der Waals surface area contributed by atoms with E-state index in [0.717, 1.165) is 43.2 Å². The van der Waals surface area contributed by atoms with E-state index in [9.17, 15) is 4.79 Å². The van der Waals surface area contributed by atoms with E-state index in [0.29, 0.717) is 23.3 Å². The van der Waals surface area contributed by atoms with Gasteiger partial charge in [-0.1, -0.05) is 0 Å². The molecule has 0 radical (unpaired) electrons. The maximum atomic E-state index is 12.7. The van der Waals surface area contributed by atoms with Crippen LogP contribution in [0.1, 0.15) is 6.92 Å². The van der Waals surface area contributed by atoms with E-state index in [1.54, 1.807) is 6.07 Å². The fourth-order valence-electron chi connectivity index (χ4n) is 3.29. The molecule has 1 N–H and O–H groups in total. The third-order valence-corrected chi connectivity index (χ3v) is 4.64. The number of piperazine rings is 1. The van der Waals surface area contributed by atoms with Crippen molar-refractivity contribution in [2.75, 3.05) is 37.7 Å². The van der Waals surface area contributed by atoms with Crippen molar-refractivity contribution in [3.05, 3.63) is 58.8 Å². The Hall–Kier alpha value is -2.79. The molecule has 1 fully saturated rings. The van der Waals surface area contributed by atoms with E-state index in [2.05, 4.69) is 10.2 Å². The Kier molecular flexibility index (Phi) is 4.63. The van der Waals surface area contributed by atoms with Gasteiger partial charge >= 0.3 is 0 Å². The predicted molar refractivity (Wildman–Crippen MR) is 104 cm³/mol. The van der Waals surface area contributed by atoms with Gasteiger partial charge < -0.3 is 19.4 Å². The van der Waals surface area contributed by atoms with Gasteiger partial charge in [0.2, 0.25) is 0 Å². The highest BCUT2D eigenvalue weighted by Crippen LogP contribution is 2.26. The molecular weight excluding hydrogens is 328 g/mol. The lowest BCUT2D eigenvalue weighted by atomic mass is 10.1. The van der Waals surface area contributed by atoms with Crippen LogP contribution in [0.5, 0.6) is 5.75 Å². The standard InChI is InChI=1S/C21H22N2O3/c1-2-25-17-6-3-15(4-7-17)21-14-19(24)18-13-16(5-8-20(18)26-21)23-11-9-22-10-12-23/h3-8,13-14,22H,2,9-12H2,1H3. The second-order valence-corrected chi connectivity index (χ2v) is 6.35. The molecule has 0 saturated carbocycles. The lowest BCUT2D eigenvalue weighted by molar-refractivity contribution is 0.340. The highest BCUT2D eigenvalue weighted by molar-refractivity contribution is 5.82. The smallest absolute Gasteiger partial charge is 0.193 e. The summed E-state index contributed by atoms with van der Waals surface area (Å²) in [6.07, 6.45) is 0. The molecule has 1 aliphatic heterocycles. The van der Waals surface area contributed by atoms with Crippen molar-refractivity contribution < 1.29 is 9.15 Å². The minimum Gasteiger partial charge on any atom is -0.494 e. The summed E-state index contributed by atoms with van der Waals surface area (Å²) in [6.45, 7) is 6.39. The molecule has 0 spiro atoms. The van der Waals surface area contributed by atoms with E-state index in [1.807, 2.05) is 49.4 Å². The monoisotopic (exact) mass is 350 g/mol. The van der Waals surface area contributed by atoms with Crippen LogP contribution in [0.25, 0.3) is 22.3 Å². The van der Waals surface area contributed by atoms with Crippen LogP contribution in [-0.4, -0.2) is 32.8 Å². The van der Waals surface area contributed by atoms with Crippen LogP contribution >= 0.6 is 0 Å². The Morgan fingerprint density at radius 3 is 2.58 bits per heavy atom. The summed E-state index contributed by atoms with van der Waals surface area (Å²) in [6, 6.07) is 15.0. The molecule has 5 heteroatoms. The highest BCUT2D eigenvalue weighted by Gasteiger charge is 2.13. The quantitative estimate of drug-likeness (QED) is 0.783. The maximum Gasteiger partial charge on any atom is 0.193 e. The molecule has 1 saturated heterocycles. The fourth-order valence-corrected chi connectivity index (χ4v) is 3.29. The SMILES string of the molecule is CCOc1ccc(-c2cc(=O)c3cc(N4CCNCC4)ccc3o2)cc1. The van der Waals surface area contributed by atoms with E-state index >= 15 is 0 Å². The van der Waals surface area contributed by atoms with Gasteiger partial charge in [-0.05, 0) is 49.4 Å². The summed E-state index contributed by atoms with van der Waals surface area (Å²) in [7, 11) is 0. The van der Waals surface area contributed by atoms with Crippen LogP contribution in [-0.2, 0) is 0 Å². The average Bonchev–Trinajstić information content (AvgIpc) is 2.69. The average molecular weight is 350 g/mol. The van der Waals surface area contributed by atoms with E-state index in [-0.39, 0.29) is 5.43 Å². The number of rotatable bonds is 4. The number of hydrogen-bond donors (Lipinski definition) is 1. The van der Waals surface area contributed by atoms with Crippen molar-refractivity contribution in [3.63, 3.8) is 0 Å². The number of nitrogens with one attached hydrogen (secondary N) is 1. The Morgan fingerprint density at radius 2 is 1.85 bits per heavy atom. The molecule has 0 aliphatic carbocycles. The molecular formula is C21H22N2O3. The highest BCUT2D eigenvalue weighted by atomic mass is 16.5. The molecule has 0 atom stereocenters. The zero-order chi connectivity index (χ0) is 17.9. The zero-order valence-corrected chi connectivity index (χ0v) is 14.8. The molecule has 1 aliphatic rings. The first-order chi connectivity index (χ1) is 12.7. The second-order valence-electron chi connectivity index (χ2n) is 6.35. The van der Waals surface area contributed by atoms with Gasteiger partial charge in [-0.3, -0.25) is 4.79 Å². The number of fused-ring (bicyclic) bond motifs is 1. The van der Waals surface area contributed by atoms with Gasteiger partial charge in [0.05, 0.1) is 12.0 Å². The van der Waals surface area contributed by atoms with Crippen LogP contribution < -0.4 is 20.4 Å². The summed E-state index contributed by atoms with van der Waals surface area (Å²) < 4.78 is 11.5. The van der Waals surface area contributed by atoms with Crippen LogP contribution in [0, 0.1) is 0 Å². The Morgan fingerprint density at radius 1 is 1.08 bits per heavy atom. The third-order valence-electron chi connectivity index (χ3n) is 4.64. The summed E-state index contributed by atoms with van der Waals surface area (Å²) in [4.78, 5) is 14.9. The summed E-state index contributed by atoms with van der Waals surface area (Å²) in [5, 5.41) is 3.96. The predicted octanol–water partition coefficient (Wildman–Crippen LogP) is 3.27. The summed E-state index contributed by atoms with van der Waals surface area (Å²) in [5.74, 6) is 1.38. The molecule has 134 valence electrons. The minimum absolute atomic E-state index is 0.0212. The number of ether oxygens (including phenoxy) is 1. The number of hydrogen-bond acceptors (Lipinski definition) is 5. The molecule has 0 bridgehead atoms. The van der Waals surface area contributed by atoms with Crippen LogP contribution in [0.4, 0.5) is 5.69 Å². The van der Waals surface area contributed by atoms with Crippen molar-refractivity contribution in [2.24, 2.45) is 0 Å². The van der Waals surface area contributed by atoms with Gasteiger partial charge in [0.25, 0.3) is 0 Å². The number of benzene rings is 2. The molecule has 5 nitrogen and oxygen atoms in total. The van der Waals surface area contributed by atoms with E-state index in [4.69, 9.17) is 9.15 Å². The topological polar surface area (TPSA) is 54.7 Å². The second kappa shape index (κ2) is 7.22. The first-order valence-electron chi connectivity index (χ1n) is 9.01. The Balaban J connectivity index is 1.69. The lowest BCUT2D eigenvalue weighted by Gasteiger charge is -2.29. The van der Waals surface area contributed by atoms with E-state index < -0.39 is 0 Å². The Bertz CT molecular complexity index is 957. The van der Waals surface area contributed by atoms with Gasteiger partial charge in [-0.25, -0.2) is 0 Å². The molecule has 2 heterocycles. The number of nitrogens with zero attached hydrogens (tertiary/aromatic N) is 1. The molecule has 26 heavy (non-hydrogen) atoms. The van der Waals surface area contributed by atoms with Gasteiger partial charge in [0.1, 0.15) is 17.1 Å². The third kappa shape index (κ3) is 3.30. The molecule has 2 aromatic carbocycles. The fraction of sp³-hybridized carbons (Fsp3) is 0.286. The normalized spacial score (nSPS) is 14.6. The first kappa shape index (κ1) is 16.7. The van der Waals surface area contributed by atoms with Crippen molar-refractivity contribution in [3.8, 4) is 17.1 Å².